The highest BCUT2D eigenvalue weighted by atomic mass is 16.5. The van der Waals surface area contributed by atoms with Crippen LogP contribution in [-0.4, -0.2) is 31.2 Å². The molecule has 1 atom stereocenters. The summed E-state index contributed by atoms with van der Waals surface area (Å²) in [6.07, 6.45) is 3.43. The summed E-state index contributed by atoms with van der Waals surface area (Å²) in [7, 11) is 0. The lowest BCUT2D eigenvalue weighted by Crippen LogP contribution is -2.46. The van der Waals surface area contributed by atoms with Crippen LogP contribution in [0.5, 0.6) is 0 Å². The zero-order valence-electron chi connectivity index (χ0n) is 13.2. The molecule has 0 saturated carbocycles. The molecule has 0 amide bonds. The van der Waals surface area contributed by atoms with Crippen molar-refractivity contribution in [3.63, 3.8) is 0 Å². The van der Waals surface area contributed by atoms with Gasteiger partial charge in [-0.1, -0.05) is 0 Å². The van der Waals surface area contributed by atoms with Crippen molar-refractivity contribution in [2.45, 2.75) is 52.1 Å². The van der Waals surface area contributed by atoms with E-state index in [0.29, 0.717) is 6.61 Å². The average molecular weight is 292 g/mol. The summed E-state index contributed by atoms with van der Waals surface area (Å²) in [6.45, 7) is 7.93. The maximum absolute atomic E-state index is 12.9. The van der Waals surface area contributed by atoms with Gasteiger partial charge < -0.3 is 13.9 Å². The van der Waals surface area contributed by atoms with Gasteiger partial charge in [0.25, 0.3) is 0 Å². The van der Waals surface area contributed by atoms with Gasteiger partial charge in [-0.3, -0.25) is 4.79 Å². The van der Waals surface area contributed by atoms with E-state index in [2.05, 4.69) is 0 Å². The van der Waals surface area contributed by atoms with Gasteiger partial charge in [-0.2, -0.15) is 0 Å². The van der Waals surface area contributed by atoms with Crippen LogP contribution in [0.15, 0.2) is 4.42 Å². The molecular weight excluding hydrogens is 268 g/mol. The third kappa shape index (κ3) is 2.67. The van der Waals surface area contributed by atoms with E-state index in [0.717, 1.165) is 61.5 Å². The normalized spacial score (nSPS) is 25.2. The number of furan rings is 1. The summed E-state index contributed by atoms with van der Waals surface area (Å²) < 4.78 is 17.1. The minimum absolute atomic E-state index is 0.0475. The van der Waals surface area contributed by atoms with Crippen LogP contribution < -0.4 is 0 Å². The number of ether oxygens (including phenoxy) is 2. The van der Waals surface area contributed by atoms with Gasteiger partial charge >= 0.3 is 0 Å². The van der Waals surface area contributed by atoms with Crippen LogP contribution >= 0.6 is 0 Å². The predicted octanol–water partition coefficient (Wildman–Crippen LogP) is 3.36. The highest BCUT2D eigenvalue weighted by molar-refractivity contribution is 6.00. The molecule has 2 fully saturated rings. The molecule has 3 rings (SSSR count). The van der Waals surface area contributed by atoms with E-state index >= 15 is 0 Å². The quantitative estimate of drug-likeness (QED) is 0.784. The van der Waals surface area contributed by atoms with E-state index in [1.54, 1.807) is 0 Å². The number of carbonyl (C=O) groups excluding carboxylic acids is 1. The maximum atomic E-state index is 12.9. The summed E-state index contributed by atoms with van der Waals surface area (Å²) in [5.41, 5.74) is 1.64. The molecule has 0 radical (unpaired) electrons. The minimum atomic E-state index is -0.141. The summed E-state index contributed by atoms with van der Waals surface area (Å²) in [5, 5.41) is 0. The van der Waals surface area contributed by atoms with Gasteiger partial charge in [-0.25, -0.2) is 0 Å². The number of aryl methyl sites for hydroxylation is 2. The SMILES string of the molecule is Cc1oc(C)c(C(=O)C2CCOC3(CCOCC3)C2)c1C. The van der Waals surface area contributed by atoms with Crippen molar-refractivity contribution < 1.29 is 18.7 Å². The van der Waals surface area contributed by atoms with Gasteiger partial charge in [-0.15, -0.1) is 0 Å². The molecule has 1 aromatic rings. The molecule has 3 heterocycles. The highest BCUT2D eigenvalue weighted by Crippen LogP contribution is 2.39. The van der Waals surface area contributed by atoms with Crippen molar-refractivity contribution in [1.29, 1.82) is 0 Å². The largest absolute Gasteiger partial charge is 0.466 e. The first kappa shape index (κ1) is 14.8. The first-order valence-electron chi connectivity index (χ1n) is 7.85. The standard InChI is InChI=1S/C17H24O4/c1-11-12(2)21-13(3)15(11)16(18)14-4-7-20-17(10-14)5-8-19-9-6-17/h14H,4-10H2,1-3H3. The van der Waals surface area contributed by atoms with Crippen molar-refractivity contribution in [3.05, 3.63) is 22.6 Å². The Morgan fingerprint density at radius 1 is 1.10 bits per heavy atom. The van der Waals surface area contributed by atoms with Gasteiger partial charge in [0.1, 0.15) is 11.5 Å². The maximum Gasteiger partial charge on any atom is 0.169 e. The van der Waals surface area contributed by atoms with E-state index in [9.17, 15) is 4.79 Å². The lowest BCUT2D eigenvalue weighted by Gasteiger charge is -2.42. The summed E-state index contributed by atoms with van der Waals surface area (Å²) >= 11 is 0. The third-order valence-electron chi connectivity index (χ3n) is 5.08. The van der Waals surface area contributed by atoms with Gasteiger partial charge in [0.15, 0.2) is 5.78 Å². The van der Waals surface area contributed by atoms with Crippen LogP contribution in [0.3, 0.4) is 0 Å². The third-order valence-corrected chi connectivity index (χ3v) is 5.08. The zero-order valence-corrected chi connectivity index (χ0v) is 13.2. The number of carbonyl (C=O) groups is 1. The van der Waals surface area contributed by atoms with Gasteiger partial charge in [0, 0.05) is 31.3 Å². The second kappa shape index (κ2) is 5.58. The Morgan fingerprint density at radius 3 is 2.43 bits per heavy atom. The fourth-order valence-electron chi connectivity index (χ4n) is 3.70. The molecule has 2 aliphatic heterocycles. The van der Waals surface area contributed by atoms with Gasteiger partial charge in [0.05, 0.1) is 11.2 Å². The van der Waals surface area contributed by atoms with Crippen molar-refractivity contribution in [1.82, 2.24) is 0 Å². The molecular formula is C17H24O4. The van der Waals surface area contributed by atoms with E-state index < -0.39 is 0 Å². The molecule has 1 spiro atoms. The molecule has 4 heteroatoms. The number of hydrogen-bond acceptors (Lipinski definition) is 4. The fraction of sp³-hybridized carbons (Fsp3) is 0.706. The summed E-state index contributed by atoms with van der Waals surface area (Å²) in [4.78, 5) is 12.9. The molecule has 0 N–H and O–H groups in total. The Bertz CT molecular complexity index is 532. The molecule has 2 aliphatic rings. The molecule has 0 aromatic carbocycles. The Hall–Kier alpha value is -1.13. The van der Waals surface area contributed by atoms with Crippen molar-refractivity contribution in [3.8, 4) is 0 Å². The van der Waals surface area contributed by atoms with E-state index in [4.69, 9.17) is 13.9 Å². The Labute approximate surface area is 125 Å². The molecule has 0 aliphatic carbocycles. The number of hydrogen-bond donors (Lipinski definition) is 0. The van der Waals surface area contributed by atoms with Crippen LogP contribution in [-0.2, 0) is 9.47 Å². The van der Waals surface area contributed by atoms with Crippen LogP contribution in [0.25, 0.3) is 0 Å². The Morgan fingerprint density at radius 2 is 1.81 bits per heavy atom. The smallest absolute Gasteiger partial charge is 0.169 e. The van der Waals surface area contributed by atoms with Crippen LogP contribution in [0.1, 0.15) is 53.1 Å². The molecule has 2 saturated heterocycles. The van der Waals surface area contributed by atoms with Crippen LogP contribution in [0.4, 0.5) is 0 Å². The number of ketones is 1. The summed E-state index contributed by atoms with van der Waals surface area (Å²) in [6, 6.07) is 0. The lowest BCUT2D eigenvalue weighted by molar-refractivity contribution is -0.142. The number of rotatable bonds is 2. The second-order valence-electron chi connectivity index (χ2n) is 6.41. The zero-order chi connectivity index (χ0) is 15.0. The van der Waals surface area contributed by atoms with Crippen molar-refractivity contribution in [2.24, 2.45) is 5.92 Å². The topological polar surface area (TPSA) is 48.7 Å². The van der Waals surface area contributed by atoms with Gasteiger partial charge in [-0.05, 0) is 46.5 Å². The molecule has 0 bridgehead atoms. The van der Waals surface area contributed by atoms with Crippen LogP contribution in [0, 0.1) is 26.7 Å². The Balaban J connectivity index is 1.81. The molecule has 21 heavy (non-hydrogen) atoms. The van der Waals surface area contributed by atoms with Crippen molar-refractivity contribution in [2.75, 3.05) is 19.8 Å². The number of Topliss-reactive ketones (excluding diaryl/α,β-unsaturated/α-hetero) is 1. The first-order valence-corrected chi connectivity index (χ1v) is 7.85. The van der Waals surface area contributed by atoms with Gasteiger partial charge in [0.2, 0.25) is 0 Å². The highest BCUT2D eigenvalue weighted by Gasteiger charge is 2.42. The Kier molecular flexibility index (Phi) is 3.93. The first-order chi connectivity index (χ1) is 10.0. The molecule has 116 valence electrons. The predicted molar refractivity (Wildman–Crippen MR) is 78.7 cm³/mol. The monoisotopic (exact) mass is 292 g/mol. The van der Waals surface area contributed by atoms with Crippen molar-refractivity contribution >= 4 is 5.78 Å². The van der Waals surface area contributed by atoms with E-state index in [-0.39, 0.29) is 17.3 Å². The fourth-order valence-corrected chi connectivity index (χ4v) is 3.70. The summed E-state index contributed by atoms with van der Waals surface area (Å²) in [5.74, 6) is 1.88. The molecule has 1 unspecified atom stereocenters. The second-order valence-corrected chi connectivity index (χ2v) is 6.41. The lowest BCUT2D eigenvalue weighted by atomic mass is 9.77. The average Bonchev–Trinajstić information content (AvgIpc) is 2.72. The van der Waals surface area contributed by atoms with E-state index in [1.807, 2.05) is 20.8 Å². The van der Waals surface area contributed by atoms with E-state index in [1.165, 1.54) is 0 Å². The molecule has 1 aromatic heterocycles. The minimum Gasteiger partial charge on any atom is -0.466 e. The molecule has 4 nitrogen and oxygen atoms in total. The van der Waals surface area contributed by atoms with Crippen LogP contribution in [0.2, 0.25) is 0 Å².